The molecular formula is C13H24Cl2N4O. The lowest BCUT2D eigenvalue weighted by molar-refractivity contribution is -0.132. The van der Waals surface area contributed by atoms with Gasteiger partial charge in [0.05, 0.1) is 0 Å². The third kappa shape index (κ3) is 4.65. The molecular weight excluding hydrogens is 299 g/mol. The third-order valence-electron chi connectivity index (χ3n) is 3.53. The van der Waals surface area contributed by atoms with E-state index in [4.69, 9.17) is 5.73 Å². The number of hydrogen-bond acceptors (Lipinski definition) is 3. The number of nitrogens with zero attached hydrogens (tertiary/aromatic N) is 3. The highest BCUT2D eigenvalue weighted by atomic mass is 35.5. The van der Waals surface area contributed by atoms with Crippen LogP contribution in [0, 0.1) is 6.92 Å². The van der Waals surface area contributed by atoms with E-state index in [2.05, 4.69) is 9.55 Å². The van der Waals surface area contributed by atoms with E-state index < -0.39 is 0 Å². The smallest absolute Gasteiger partial charge is 0.224 e. The number of aromatic nitrogens is 2. The maximum atomic E-state index is 12.1. The number of aryl methyl sites for hydroxylation is 1. The molecule has 1 amide bonds. The monoisotopic (exact) mass is 322 g/mol. The molecule has 1 aromatic rings. The van der Waals surface area contributed by atoms with Gasteiger partial charge in [-0.1, -0.05) is 0 Å². The van der Waals surface area contributed by atoms with Gasteiger partial charge in [-0.05, 0) is 26.7 Å². The van der Waals surface area contributed by atoms with Crippen LogP contribution in [0.15, 0.2) is 12.4 Å². The van der Waals surface area contributed by atoms with Crippen molar-refractivity contribution in [1.82, 2.24) is 14.5 Å². The molecule has 20 heavy (non-hydrogen) atoms. The van der Waals surface area contributed by atoms with Crippen LogP contribution in [0.3, 0.4) is 0 Å². The van der Waals surface area contributed by atoms with Crippen LogP contribution in [0.4, 0.5) is 0 Å². The normalized spacial score (nSPS) is 19.1. The van der Waals surface area contributed by atoms with Crippen molar-refractivity contribution in [3.63, 3.8) is 0 Å². The Morgan fingerprint density at radius 3 is 2.80 bits per heavy atom. The number of imidazole rings is 1. The van der Waals surface area contributed by atoms with E-state index >= 15 is 0 Å². The summed E-state index contributed by atoms with van der Waals surface area (Å²) in [5.74, 6) is 1.19. The summed E-state index contributed by atoms with van der Waals surface area (Å²) in [6, 6.07) is 0.234. The molecule has 1 aliphatic heterocycles. The molecule has 0 aliphatic carbocycles. The molecule has 116 valence electrons. The lowest BCUT2D eigenvalue weighted by atomic mass is 10.2. The van der Waals surface area contributed by atoms with Crippen molar-refractivity contribution in [2.45, 2.75) is 51.7 Å². The number of likely N-dealkylation sites (tertiary alicyclic amines) is 1. The number of carbonyl (C=O) groups excluding carboxylic acids is 1. The Morgan fingerprint density at radius 1 is 1.55 bits per heavy atom. The van der Waals surface area contributed by atoms with Crippen LogP contribution >= 0.6 is 24.8 Å². The second-order valence-corrected chi connectivity index (χ2v) is 5.19. The Bertz CT molecular complexity index is 422. The topological polar surface area (TPSA) is 64.2 Å². The molecule has 7 heteroatoms. The molecule has 2 heterocycles. The Labute approximate surface area is 132 Å². The minimum Gasteiger partial charge on any atom is -0.338 e. The maximum absolute atomic E-state index is 12.1. The van der Waals surface area contributed by atoms with Crippen LogP contribution in [0.25, 0.3) is 0 Å². The highest BCUT2D eigenvalue weighted by molar-refractivity contribution is 5.85. The zero-order chi connectivity index (χ0) is 13.1. The molecule has 2 rings (SSSR count). The standard InChI is InChI=1S/C13H22N4O.2ClH/c1-10(14)8-13(18)17-6-3-4-12(17)9-16-7-5-15-11(16)2;;/h5,7,10,12H,3-4,6,8-9,14H2,1-2H3;2*1H. The van der Waals surface area contributed by atoms with Crippen molar-refractivity contribution in [3.05, 3.63) is 18.2 Å². The summed E-state index contributed by atoms with van der Waals surface area (Å²) in [7, 11) is 0. The SMILES string of the molecule is Cc1nccn1CC1CCCN1C(=O)CC(C)N.Cl.Cl. The minimum atomic E-state index is -0.0614. The fourth-order valence-electron chi connectivity index (χ4n) is 2.57. The van der Waals surface area contributed by atoms with Crippen LogP contribution in [0.1, 0.15) is 32.0 Å². The van der Waals surface area contributed by atoms with Gasteiger partial charge in [-0.2, -0.15) is 0 Å². The predicted molar refractivity (Wildman–Crippen MR) is 84.5 cm³/mol. The molecule has 0 saturated carbocycles. The van der Waals surface area contributed by atoms with Crippen molar-refractivity contribution in [2.24, 2.45) is 5.73 Å². The van der Waals surface area contributed by atoms with Crippen molar-refractivity contribution in [2.75, 3.05) is 6.54 Å². The summed E-state index contributed by atoms with van der Waals surface area (Å²) >= 11 is 0. The molecule has 0 aromatic carbocycles. The number of halogens is 2. The molecule has 1 aromatic heterocycles. The Balaban J connectivity index is 0.00000180. The van der Waals surface area contributed by atoms with Crippen LogP contribution in [-0.4, -0.2) is 39.0 Å². The van der Waals surface area contributed by atoms with E-state index in [1.807, 2.05) is 24.9 Å². The van der Waals surface area contributed by atoms with E-state index in [9.17, 15) is 4.79 Å². The van der Waals surface area contributed by atoms with E-state index in [0.717, 1.165) is 31.8 Å². The average molecular weight is 323 g/mol. The predicted octanol–water partition coefficient (Wildman–Crippen LogP) is 1.76. The van der Waals surface area contributed by atoms with Crippen molar-refractivity contribution in [1.29, 1.82) is 0 Å². The molecule has 0 bridgehead atoms. The Kier molecular flexibility index (Phi) is 8.16. The first kappa shape index (κ1) is 19.2. The maximum Gasteiger partial charge on any atom is 0.224 e. The second kappa shape index (κ2) is 8.49. The van der Waals surface area contributed by atoms with Crippen LogP contribution < -0.4 is 5.73 Å². The number of nitrogens with two attached hydrogens (primary N) is 1. The van der Waals surface area contributed by atoms with Gasteiger partial charge in [-0.25, -0.2) is 4.98 Å². The first-order valence-electron chi connectivity index (χ1n) is 6.60. The summed E-state index contributed by atoms with van der Waals surface area (Å²) in [5.41, 5.74) is 5.70. The van der Waals surface area contributed by atoms with Gasteiger partial charge in [0.15, 0.2) is 0 Å². The molecule has 5 nitrogen and oxygen atoms in total. The lowest BCUT2D eigenvalue weighted by Gasteiger charge is -2.26. The number of amides is 1. The quantitative estimate of drug-likeness (QED) is 0.918. The highest BCUT2D eigenvalue weighted by Gasteiger charge is 2.29. The molecule has 0 spiro atoms. The van der Waals surface area contributed by atoms with Gasteiger partial charge in [0.1, 0.15) is 5.82 Å². The Hall–Kier alpha value is -0.780. The fraction of sp³-hybridized carbons (Fsp3) is 0.692. The molecule has 1 saturated heterocycles. The minimum absolute atomic E-state index is 0. The number of carbonyl (C=O) groups is 1. The third-order valence-corrected chi connectivity index (χ3v) is 3.53. The van der Waals surface area contributed by atoms with E-state index in [0.29, 0.717) is 12.5 Å². The second-order valence-electron chi connectivity index (χ2n) is 5.19. The van der Waals surface area contributed by atoms with E-state index in [-0.39, 0.29) is 36.8 Å². The van der Waals surface area contributed by atoms with Gasteiger partial charge < -0.3 is 15.2 Å². The van der Waals surface area contributed by atoms with Gasteiger partial charge in [0, 0.05) is 44.0 Å². The van der Waals surface area contributed by atoms with Crippen molar-refractivity contribution in [3.8, 4) is 0 Å². The van der Waals surface area contributed by atoms with Crippen LogP contribution in [0.2, 0.25) is 0 Å². The van der Waals surface area contributed by atoms with Gasteiger partial charge >= 0.3 is 0 Å². The highest BCUT2D eigenvalue weighted by Crippen LogP contribution is 2.20. The summed E-state index contributed by atoms with van der Waals surface area (Å²) in [6.07, 6.45) is 6.38. The summed E-state index contributed by atoms with van der Waals surface area (Å²) in [4.78, 5) is 18.3. The van der Waals surface area contributed by atoms with Crippen LogP contribution in [-0.2, 0) is 11.3 Å². The van der Waals surface area contributed by atoms with Gasteiger partial charge in [-0.15, -0.1) is 24.8 Å². The Morgan fingerprint density at radius 2 is 2.25 bits per heavy atom. The van der Waals surface area contributed by atoms with Gasteiger partial charge in [0.2, 0.25) is 5.91 Å². The summed E-state index contributed by atoms with van der Waals surface area (Å²) in [5, 5.41) is 0. The fourth-order valence-corrected chi connectivity index (χ4v) is 2.57. The van der Waals surface area contributed by atoms with Crippen molar-refractivity contribution < 1.29 is 4.79 Å². The molecule has 2 N–H and O–H groups in total. The molecule has 1 aliphatic rings. The molecule has 2 atom stereocenters. The first-order valence-corrected chi connectivity index (χ1v) is 6.60. The zero-order valence-electron chi connectivity index (χ0n) is 12.0. The number of hydrogen-bond donors (Lipinski definition) is 1. The van der Waals surface area contributed by atoms with Gasteiger partial charge in [0.25, 0.3) is 0 Å². The van der Waals surface area contributed by atoms with Crippen LogP contribution in [0.5, 0.6) is 0 Å². The lowest BCUT2D eigenvalue weighted by Crippen LogP contribution is -2.40. The molecule has 2 unspecified atom stereocenters. The summed E-state index contributed by atoms with van der Waals surface area (Å²) in [6.45, 7) is 5.58. The first-order chi connectivity index (χ1) is 8.58. The number of rotatable bonds is 4. The average Bonchev–Trinajstić information content (AvgIpc) is 2.88. The summed E-state index contributed by atoms with van der Waals surface area (Å²) < 4.78 is 2.11. The van der Waals surface area contributed by atoms with Gasteiger partial charge in [-0.3, -0.25) is 4.79 Å². The van der Waals surface area contributed by atoms with Crippen molar-refractivity contribution >= 4 is 30.7 Å². The van der Waals surface area contributed by atoms with E-state index in [1.54, 1.807) is 6.20 Å². The molecule has 1 fully saturated rings. The largest absolute Gasteiger partial charge is 0.338 e. The van der Waals surface area contributed by atoms with E-state index in [1.165, 1.54) is 0 Å². The molecule has 0 radical (unpaired) electrons. The zero-order valence-corrected chi connectivity index (χ0v) is 13.6.